The lowest BCUT2D eigenvalue weighted by atomic mass is 9.38. The van der Waals surface area contributed by atoms with Gasteiger partial charge in [-0.1, -0.05) is 18.5 Å². The van der Waals surface area contributed by atoms with Gasteiger partial charge in [-0.25, -0.2) is 14.5 Å². The summed E-state index contributed by atoms with van der Waals surface area (Å²) in [6, 6.07) is -0.104. The number of ether oxygens (including phenoxy) is 1. The van der Waals surface area contributed by atoms with Gasteiger partial charge in [0.05, 0.1) is 24.9 Å². The van der Waals surface area contributed by atoms with Crippen molar-refractivity contribution in [2.45, 2.75) is 43.7 Å². The fraction of sp³-hybridized carbons (Fsp3) is 0.688. The second kappa shape index (κ2) is 5.03. The molecule has 0 aromatic carbocycles. The van der Waals surface area contributed by atoms with Gasteiger partial charge in [0.2, 0.25) is 5.95 Å². The van der Waals surface area contributed by atoms with Crippen molar-refractivity contribution < 1.29 is 9.84 Å². The number of aromatic nitrogens is 4. The number of hydrogen-bond donors (Lipinski definition) is 2. The number of hydrogen-bond acceptors (Lipinski definition) is 6. The van der Waals surface area contributed by atoms with Crippen LogP contribution in [0.2, 0.25) is 5.15 Å². The van der Waals surface area contributed by atoms with Gasteiger partial charge in [0.25, 0.3) is 0 Å². The third-order valence-corrected chi connectivity index (χ3v) is 6.54. The van der Waals surface area contributed by atoms with E-state index in [0.717, 1.165) is 23.7 Å². The van der Waals surface area contributed by atoms with E-state index in [4.69, 9.17) is 16.3 Å². The third kappa shape index (κ3) is 1.89. The van der Waals surface area contributed by atoms with Crippen molar-refractivity contribution in [3.63, 3.8) is 0 Å². The summed E-state index contributed by atoms with van der Waals surface area (Å²) in [6.07, 6.45) is 4.23. The van der Waals surface area contributed by atoms with Gasteiger partial charge in [-0.05, 0) is 31.1 Å². The summed E-state index contributed by atoms with van der Waals surface area (Å²) in [6.45, 7) is 3.25. The SMILES string of the molecule is CC1C2CC1(c1nc(Cl)c3cnc(NC4CCOCC4O)nn13)C2. The molecule has 3 heterocycles. The molecule has 0 radical (unpaired) electrons. The molecule has 0 spiro atoms. The van der Waals surface area contributed by atoms with Crippen LogP contribution in [0, 0.1) is 11.8 Å². The molecule has 1 saturated heterocycles. The van der Waals surface area contributed by atoms with Crippen LogP contribution in [0.5, 0.6) is 0 Å². The highest BCUT2D eigenvalue weighted by Crippen LogP contribution is 2.68. The molecular weight excluding hydrogens is 330 g/mol. The Morgan fingerprint density at radius 2 is 2.29 bits per heavy atom. The molecular formula is C16H20ClN5O2. The number of fused-ring (bicyclic) bond motifs is 1. The Balaban J connectivity index is 1.50. The summed E-state index contributed by atoms with van der Waals surface area (Å²) in [4.78, 5) is 8.95. The van der Waals surface area contributed by atoms with Gasteiger partial charge in [0.1, 0.15) is 11.3 Å². The molecule has 3 unspecified atom stereocenters. The van der Waals surface area contributed by atoms with Crippen molar-refractivity contribution in [2.24, 2.45) is 11.8 Å². The van der Waals surface area contributed by atoms with E-state index in [9.17, 15) is 5.11 Å². The van der Waals surface area contributed by atoms with Crippen LogP contribution in [0.25, 0.3) is 5.52 Å². The van der Waals surface area contributed by atoms with Crippen LogP contribution in [0.1, 0.15) is 32.0 Å². The van der Waals surface area contributed by atoms with E-state index in [1.807, 2.05) is 4.52 Å². The molecule has 7 nitrogen and oxygen atoms in total. The zero-order valence-corrected chi connectivity index (χ0v) is 14.2. The highest BCUT2D eigenvalue weighted by molar-refractivity contribution is 6.32. The van der Waals surface area contributed by atoms with Crippen molar-refractivity contribution in [1.82, 2.24) is 19.6 Å². The van der Waals surface area contributed by atoms with Crippen molar-refractivity contribution in [3.05, 3.63) is 17.2 Å². The topological polar surface area (TPSA) is 84.6 Å². The van der Waals surface area contributed by atoms with Crippen LogP contribution in [-0.2, 0) is 10.2 Å². The minimum atomic E-state index is -0.554. The van der Waals surface area contributed by atoms with E-state index in [2.05, 4.69) is 27.3 Å². The summed E-state index contributed by atoms with van der Waals surface area (Å²) >= 11 is 6.31. The Hall–Kier alpha value is -1.44. The molecule has 4 aliphatic rings. The number of imidazole rings is 1. The van der Waals surface area contributed by atoms with Crippen molar-refractivity contribution in [3.8, 4) is 0 Å². The first-order valence-electron chi connectivity index (χ1n) is 8.52. The van der Waals surface area contributed by atoms with E-state index in [-0.39, 0.29) is 11.5 Å². The zero-order chi connectivity index (χ0) is 16.5. The number of aliphatic hydroxyl groups excluding tert-OH is 1. The largest absolute Gasteiger partial charge is 0.389 e. The van der Waals surface area contributed by atoms with Crippen LogP contribution in [-0.4, -0.2) is 50.0 Å². The van der Waals surface area contributed by atoms with Crippen molar-refractivity contribution in [2.75, 3.05) is 18.5 Å². The molecule has 2 aromatic heterocycles. The maximum atomic E-state index is 10.0. The molecule has 8 heteroatoms. The molecule has 3 aliphatic carbocycles. The molecule has 2 bridgehead atoms. The van der Waals surface area contributed by atoms with E-state index in [0.29, 0.717) is 30.2 Å². The van der Waals surface area contributed by atoms with Crippen LogP contribution in [0.4, 0.5) is 5.95 Å². The van der Waals surface area contributed by atoms with Gasteiger partial charge in [0.15, 0.2) is 5.15 Å². The Kier molecular flexibility index (Phi) is 3.12. The smallest absolute Gasteiger partial charge is 0.241 e. The Bertz CT molecular complexity index is 803. The second-order valence-electron chi connectivity index (χ2n) is 7.40. The zero-order valence-electron chi connectivity index (χ0n) is 13.4. The highest BCUT2D eigenvalue weighted by atomic mass is 35.5. The van der Waals surface area contributed by atoms with Gasteiger partial charge >= 0.3 is 0 Å². The van der Waals surface area contributed by atoms with Crippen molar-refractivity contribution in [1.29, 1.82) is 0 Å². The Morgan fingerprint density at radius 3 is 2.96 bits per heavy atom. The molecule has 3 saturated carbocycles. The maximum absolute atomic E-state index is 10.0. The van der Waals surface area contributed by atoms with Crippen LogP contribution < -0.4 is 5.32 Å². The monoisotopic (exact) mass is 349 g/mol. The third-order valence-electron chi connectivity index (χ3n) is 6.27. The summed E-state index contributed by atoms with van der Waals surface area (Å²) in [5.74, 6) is 2.91. The number of nitrogens with one attached hydrogen (secondary N) is 1. The van der Waals surface area contributed by atoms with E-state index < -0.39 is 6.10 Å². The lowest BCUT2D eigenvalue weighted by molar-refractivity contribution is -0.115. The summed E-state index contributed by atoms with van der Waals surface area (Å²) in [5, 5.41) is 18.3. The minimum Gasteiger partial charge on any atom is -0.389 e. The average Bonchev–Trinajstić information content (AvgIpc) is 2.85. The second-order valence-corrected chi connectivity index (χ2v) is 7.76. The highest BCUT2D eigenvalue weighted by Gasteiger charge is 2.66. The van der Waals surface area contributed by atoms with Crippen molar-refractivity contribution >= 4 is 23.1 Å². The van der Waals surface area contributed by atoms with Crippen LogP contribution >= 0.6 is 11.6 Å². The average molecular weight is 350 g/mol. The predicted molar refractivity (Wildman–Crippen MR) is 88.2 cm³/mol. The summed E-state index contributed by atoms with van der Waals surface area (Å²) in [7, 11) is 0. The van der Waals surface area contributed by atoms with E-state index in [1.54, 1.807) is 6.20 Å². The molecule has 1 aliphatic heterocycles. The van der Waals surface area contributed by atoms with E-state index in [1.165, 1.54) is 12.8 Å². The molecule has 128 valence electrons. The molecule has 2 N–H and O–H groups in total. The molecule has 6 rings (SSSR count). The number of nitrogens with zero attached hydrogens (tertiary/aromatic N) is 4. The molecule has 4 fully saturated rings. The number of halogens is 1. The van der Waals surface area contributed by atoms with Crippen LogP contribution in [0.3, 0.4) is 0 Å². The lowest BCUT2D eigenvalue weighted by Gasteiger charge is -2.66. The fourth-order valence-corrected chi connectivity index (χ4v) is 4.62. The van der Waals surface area contributed by atoms with Gasteiger partial charge in [-0.2, -0.15) is 0 Å². The molecule has 24 heavy (non-hydrogen) atoms. The summed E-state index contributed by atoms with van der Waals surface area (Å²) < 4.78 is 7.11. The van der Waals surface area contributed by atoms with Gasteiger partial charge < -0.3 is 15.2 Å². The van der Waals surface area contributed by atoms with Gasteiger partial charge in [-0.15, -0.1) is 5.10 Å². The molecule has 3 atom stereocenters. The first-order chi connectivity index (χ1) is 11.6. The van der Waals surface area contributed by atoms with Crippen LogP contribution in [0.15, 0.2) is 6.20 Å². The molecule has 0 amide bonds. The van der Waals surface area contributed by atoms with Gasteiger partial charge in [0, 0.05) is 12.0 Å². The first kappa shape index (κ1) is 14.9. The number of rotatable bonds is 3. The predicted octanol–water partition coefficient (Wildman–Crippen LogP) is 1.64. The van der Waals surface area contributed by atoms with Gasteiger partial charge in [-0.3, -0.25) is 0 Å². The summed E-state index contributed by atoms with van der Waals surface area (Å²) in [5.41, 5.74) is 0.867. The number of anilines is 1. The van der Waals surface area contributed by atoms with E-state index >= 15 is 0 Å². The fourth-order valence-electron chi connectivity index (χ4n) is 4.41. The normalized spacial score (nSPS) is 37.8. The number of aliphatic hydroxyl groups is 1. The first-order valence-corrected chi connectivity index (χ1v) is 8.90. The Labute approximate surface area is 144 Å². The molecule has 2 aromatic rings. The quantitative estimate of drug-likeness (QED) is 0.876. The minimum absolute atomic E-state index is 0.104. The standard InChI is InChI=1S/C16H20ClN5O2/c1-8-9-4-16(8,5-9)14-20-13(17)11-6-18-15(21-22(11)14)19-10-2-3-24-7-12(10)23/h6,8-10,12,23H,2-5,7H2,1H3,(H,19,21). The maximum Gasteiger partial charge on any atom is 0.241 e. The lowest BCUT2D eigenvalue weighted by Crippen LogP contribution is -2.64. The Morgan fingerprint density at radius 1 is 1.46 bits per heavy atom.